The van der Waals surface area contributed by atoms with Crippen molar-refractivity contribution in [3.63, 3.8) is 0 Å². The monoisotopic (exact) mass is 237 g/mol. The van der Waals surface area contributed by atoms with Crippen LogP contribution in [0.4, 0.5) is 0 Å². The molecule has 1 atom stereocenters. The average Bonchev–Trinajstić information content (AvgIpc) is 2.73. The van der Waals surface area contributed by atoms with Crippen molar-refractivity contribution in [2.24, 2.45) is 5.73 Å². The van der Waals surface area contributed by atoms with E-state index in [0.717, 1.165) is 18.5 Å². The van der Waals surface area contributed by atoms with E-state index < -0.39 is 6.04 Å². The second kappa shape index (κ2) is 5.31. The van der Waals surface area contributed by atoms with E-state index in [0.29, 0.717) is 13.2 Å². The first-order valence-corrected chi connectivity index (χ1v) is 6.17. The summed E-state index contributed by atoms with van der Waals surface area (Å²) >= 11 is 0. The van der Waals surface area contributed by atoms with Gasteiger partial charge in [-0.3, -0.25) is 4.79 Å². The number of hydrogen-bond acceptors (Lipinski definition) is 4. The molecule has 1 aliphatic rings. The lowest BCUT2D eigenvalue weighted by atomic mass is 10.0. The molecule has 2 rings (SSSR count). The summed E-state index contributed by atoms with van der Waals surface area (Å²) in [5.74, 6) is -0.342. The Kier molecular flexibility index (Phi) is 3.78. The molecule has 5 heteroatoms. The summed E-state index contributed by atoms with van der Waals surface area (Å²) in [7, 11) is 0. The van der Waals surface area contributed by atoms with Crippen LogP contribution in [0.2, 0.25) is 0 Å². The Bertz CT molecular complexity index is 400. The zero-order valence-corrected chi connectivity index (χ0v) is 10.2. The van der Waals surface area contributed by atoms with Crippen molar-refractivity contribution in [1.29, 1.82) is 0 Å². The molecular formula is C12H19N3O2. The van der Waals surface area contributed by atoms with Crippen LogP contribution < -0.4 is 5.73 Å². The fourth-order valence-electron chi connectivity index (χ4n) is 2.22. The minimum absolute atomic E-state index is 0.342. The molecule has 0 radical (unpaired) electrons. The van der Waals surface area contributed by atoms with Gasteiger partial charge in [-0.15, -0.1) is 0 Å². The van der Waals surface area contributed by atoms with Crippen molar-refractivity contribution < 1.29 is 9.53 Å². The second-order valence-electron chi connectivity index (χ2n) is 4.36. The fraction of sp³-hybridized carbons (Fsp3) is 0.667. The van der Waals surface area contributed by atoms with Gasteiger partial charge in [-0.05, 0) is 32.6 Å². The summed E-state index contributed by atoms with van der Waals surface area (Å²) in [5.41, 5.74) is 8.20. The standard InChI is InChI=1S/C12H19N3O2/c1-2-17-12(16)9(13)7-15-8-14-10-5-3-4-6-11(10)15/h8-9H,2-7,13H2,1H3. The van der Waals surface area contributed by atoms with Gasteiger partial charge in [0.15, 0.2) is 0 Å². The highest BCUT2D eigenvalue weighted by atomic mass is 16.5. The van der Waals surface area contributed by atoms with Gasteiger partial charge in [0.05, 0.1) is 18.6 Å². The Balaban J connectivity index is 2.03. The molecule has 2 N–H and O–H groups in total. The van der Waals surface area contributed by atoms with Gasteiger partial charge in [0.2, 0.25) is 0 Å². The molecule has 0 saturated carbocycles. The molecule has 1 heterocycles. The first-order valence-electron chi connectivity index (χ1n) is 6.17. The lowest BCUT2D eigenvalue weighted by Crippen LogP contribution is -2.36. The Morgan fingerprint density at radius 1 is 1.59 bits per heavy atom. The van der Waals surface area contributed by atoms with E-state index in [2.05, 4.69) is 4.98 Å². The van der Waals surface area contributed by atoms with Gasteiger partial charge in [0.1, 0.15) is 6.04 Å². The quantitative estimate of drug-likeness (QED) is 0.781. The number of aromatic nitrogens is 2. The highest BCUT2D eigenvalue weighted by molar-refractivity contribution is 5.75. The Morgan fingerprint density at radius 3 is 3.12 bits per heavy atom. The van der Waals surface area contributed by atoms with Gasteiger partial charge in [0, 0.05) is 12.2 Å². The van der Waals surface area contributed by atoms with Crippen molar-refractivity contribution in [2.45, 2.75) is 45.2 Å². The first-order chi connectivity index (χ1) is 8.22. The van der Waals surface area contributed by atoms with Gasteiger partial charge in [-0.2, -0.15) is 0 Å². The lowest BCUT2D eigenvalue weighted by molar-refractivity contribution is -0.145. The van der Waals surface area contributed by atoms with Crippen LogP contribution in [0.1, 0.15) is 31.2 Å². The molecule has 1 unspecified atom stereocenters. The Labute approximate surface area is 101 Å². The lowest BCUT2D eigenvalue weighted by Gasteiger charge is -2.16. The predicted octanol–water partition coefficient (Wildman–Crippen LogP) is 0.652. The molecule has 0 spiro atoms. The number of aryl methyl sites for hydroxylation is 1. The predicted molar refractivity (Wildman–Crippen MR) is 63.5 cm³/mol. The van der Waals surface area contributed by atoms with E-state index >= 15 is 0 Å². The second-order valence-corrected chi connectivity index (χ2v) is 4.36. The van der Waals surface area contributed by atoms with E-state index in [9.17, 15) is 4.79 Å². The van der Waals surface area contributed by atoms with Gasteiger partial charge in [0.25, 0.3) is 0 Å². The van der Waals surface area contributed by atoms with Crippen LogP contribution >= 0.6 is 0 Å². The molecule has 0 saturated heterocycles. The third-order valence-electron chi connectivity index (χ3n) is 3.09. The average molecular weight is 237 g/mol. The smallest absolute Gasteiger partial charge is 0.324 e. The van der Waals surface area contributed by atoms with Crippen molar-refractivity contribution in [2.75, 3.05) is 6.61 Å². The molecule has 0 aliphatic heterocycles. The van der Waals surface area contributed by atoms with Crippen LogP contribution in [-0.4, -0.2) is 28.2 Å². The van der Waals surface area contributed by atoms with E-state index in [4.69, 9.17) is 10.5 Å². The molecule has 1 aromatic heterocycles. The zero-order valence-electron chi connectivity index (χ0n) is 10.2. The van der Waals surface area contributed by atoms with Gasteiger partial charge < -0.3 is 15.0 Å². The van der Waals surface area contributed by atoms with E-state index in [1.807, 2.05) is 4.57 Å². The maximum absolute atomic E-state index is 11.5. The number of esters is 1. The maximum atomic E-state index is 11.5. The van der Waals surface area contributed by atoms with Crippen LogP contribution in [0.3, 0.4) is 0 Å². The fourth-order valence-corrected chi connectivity index (χ4v) is 2.22. The summed E-state index contributed by atoms with van der Waals surface area (Å²) < 4.78 is 6.89. The third kappa shape index (κ3) is 2.66. The summed E-state index contributed by atoms with van der Waals surface area (Å²) in [5, 5.41) is 0. The highest BCUT2D eigenvalue weighted by Gasteiger charge is 2.20. The van der Waals surface area contributed by atoms with Gasteiger partial charge in [-0.1, -0.05) is 0 Å². The number of carbonyl (C=O) groups is 1. The summed E-state index contributed by atoms with van der Waals surface area (Å²) in [6.07, 6.45) is 6.25. The van der Waals surface area contributed by atoms with Crippen LogP contribution in [0, 0.1) is 0 Å². The molecule has 5 nitrogen and oxygen atoms in total. The SMILES string of the molecule is CCOC(=O)C(N)Cn1cnc2c1CCCC2. The number of nitrogens with two attached hydrogens (primary N) is 1. The molecule has 1 aliphatic carbocycles. The van der Waals surface area contributed by atoms with E-state index in [1.165, 1.54) is 18.5 Å². The van der Waals surface area contributed by atoms with Crippen molar-refractivity contribution >= 4 is 5.97 Å². The maximum Gasteiger partial charge on any atom is 0.324 e. The van der Waals surface area contributed by atoms with Gasteiger partial charge in [-0.25, -0.2) is 4.98 Å². The van der Waals surface area contributed by atoms with Crippen LogP contribution in [0.5, 0.6) is 0 Å². The van der Waals surface area contributed by atoms with E-state index in [-0.39, 0.29) is 5.97 Å². The Hall–Kier alpha value is -1.36. The summed E-state index contributed by atoms with van der Waals surface area (Å²) in [4.78, 5) is 15.8. The number of hydrogen-bond donors (Lipinski definition) is 1. The van der Waals surface area contributed by atoms with Crippen LogP contribution in [-0.2, 0) is 28.9 Å². The molecule has 94 valence electrons. The largest absolute Gasteiger partial charge is 0.465 e. The minimum atomic E-state index is -0.602. The molecule has 0 aromatic carbocycles. The Morgan fingerprint density at radius 2 is 2.35 bits per heavy atom. The van der Waals surface area contributed by atoms with E-state index in [1.54, 1.807) is 13.3 Å². The third-order valence-corrected chi connectivity index (χ3v) is 3.09. The number of ether oxygens (including phenoxy) is 1. The van der Waals surface area contributed by atoms with Crippen molar-refractivity contribution in [3.8, 4) is 0 Å². The molecule has 1 aromatic rings. The van der Waals surface area contributed by atoms with Crippen molar-refractivity contribution in [1.82, 2.24) is 9.55 Å². The number of fused-ring (bicyclic) bond motifs is 1. The highest BCUT2D eigenvalue weighted by Crippen LogP contribution is 2.19. The van der Waals surface area contributed by atoms with Gasteiger partial charge >= 0.3 is 5.97 Å². The topological polar surface area (TPSA) is 70.1 Å². The zero-order chi connectivity index (χ0) is 12.3. The number of nitrogens with zero attached hydrogens (tertiary/aromatic N) is 2. The summed E-state index contributed by atoms with van der Waals surface area (Å²) in [6.45, 7) is 2.61. The molecule has 0 bridgehead atoms. The van der Waals surface area contributed by atoms with Crippen LogP contribution in [0.25, 0.3) is 0 Å². The summed E-state index contributed by atoms with van der Waals surface area (Å²) in [6, 6.07) is -0.602. The van der Waals surface area contributed by atoms with Crippen molar-refractivity contribution in [3.05, 3.63) is 17.7 Å². The first kappa shape index (κ1) is 12.1. The molecule has 0 amide bonds. The molecule has 17 heavy (non-hydrogen) atoms. The minimum Gasteiger partial charge on any atom is -0.465 e. The molecular weight excluding hydrogens is 218 g/mol. The molecule has 0 fully saturated rings. The normalized spacial score (nSPS) is 16.4. The number of rotatable bonds is 4. The van der Waals surface area contributed by atoms with Crippen LogP contribution in [0.15, 0.2) is 6.33 Å². The number of imidazole rings is 1. The number of carbonyl (C=O) groups excluding carboxylic acids is 1.